The largest absolute Gasteiger partial charge is 0.296 e. The van der Waals surface area contributed by atoms with Gasteiger partial charge in [0.05, 0.1) is 22.5 Å². The number of hydrogen-bond donors (Lipinski definition) is 0. The van der Waals surface area contributed by atoms with Crippen LogP contribution in [0.15, 0.2) is 53.3 Å². The second-order valence-corrected chi connectivity index (χ2v) is 6.48. The Morgan fingerprint density at radius 1 is 0.885 bits per heavy atom. The lowest BCUT2D eigenvalue weighted by atomic mass is 10.1. The average Bonchev–Trinajstić information content (AvgIpc) is 2.99. The van der Waals surface area contributed by atoms with Gasteiger partial charge in [-0.2, -0.15) is 0 Å². The predicted octanol–water partition coefficient (Wildman–Crippen LogP) is 2.94. The summed E-state index contributed by atoms with van der Waals surface area (Å²) in [5.74, 6) is -1.06. The van der Waals surface area contributed by atoms with Gasteiger partial charge in [-0.1, -0.05) is 29.8 Å². The Morgan fingerprint density at radius 2 is 1.54 bits per heavy atom. The van der Waals surface area contributed by atoms with Gasteiger partial charge >= 0.3 is 0 Å². The van der Waals surface area contributed by atoms with Gasteiger partial charge < -0.3 is 0 Å². The van der Waals surface area contributed by atoms with Gasteiger partial charge in [-0.05, 0) is 37.3 Å². The molecule has 2 amide bonds. The van der Waals surface area contributed by atoms with Crippen LogP contribution in [-0.2, 0) is 7.05 Å². The summed E-state index contributed by atoms with van der Waals surface area (Å²) in [7, 11) is 1.71. The third kappa shape index (κ3) is 2.16. The molecule has 0 atom stereocenters. The Morgan fingerprint density at radius 3 is 2.23 bits per heavy atom. The summed E-state index contributed by atoms with van der Waals surface area (Å²) < 4.78 is 3.06. The van der Waals surface area contributed by atoms with E-state index in [-0.39, 0.29) is 16.8 Å². The van der Waals surface area contributed by atoms with Gasteiger partial charge in [0.15, 0.2) is 0 Å². The number of aromatic nitrogens is 2. The SMILES string of the molecule is Cc1c(N2C(=O)c3ccc(Cl)cc3C2=O)c(=O)n(-c2ccccc2)n1C. The van der Waals surface area contributed by atoms with E-state index in [0.717, 1.165) is 4.90 Å². The summed E-state index contributed by atoms with van der Waals surface area (Å²) in [6.07, 6.45) is 0. The Labute approximate surface area is 153 Å². The third-order valence-electron chi connectivity index (χ3n) is 4.60. The molecule has 0 bridgehead atoms. The van der Waals surface area contributed by atoms with E-state index in [1.807, 2.05) is 18.2 Å². The molecule has 0 radical (unpaired) electrons. The van der Waals surface area contributed by atoms with Crippen LogP contribution in [0.2, 0.25) is 5.02 Å². The van der Waals surface area contributed by atoms with E-state index in [9.17, 15) is 14.4 Å². The van der Waals surface area contributed by atoms with Crippen LogP contribution in [-0.4, -0.2) is 21.2 Å². The quantitative estimate of drug-likeness (QED) is 0.654. The fraction of sp³-hybridized carbons (Fsp3) is 0.105. The highest BCUT2D eigenvalue weighted by Gasteiger charge is 2.40. The third-order valence-corrected chi connectivity index (χ3v) is 4.83. The molecule has 26 heavy (non-hydrogen) atoms. The van der Waals surface area contributed by atoms with E-state index in [0.29, 0.717) is 16.4 Å². The van der Waals surface area contributed by atoms with Crippen LogP contribution in [0.4, 0.5) is 5.69 Å². The molecule has 1 aliphatic heterocycles. The van der Waals surface area contributed by atoms with E-state index in [2.05, 4.69) is 0 Å². The lowest BCUT2D eigenvalue weighted by Crippen LogP contribution is -2.34. The maximum absolute atomic E-state index is 13.1. The zero-order chi connectivity index (χ0) is 18.6. The van der Waals surface area contributed by atoms with E-state index < -0.39 is 17.4 Å². The number of amides is 2. The highest BCUT2D eigenvalue weighted by Crippen LogP contribution is 2.30. The molecule has 0 unspecified atom stereocenters. The molecule has 0 fully saturated rings. The maximum Gasteiger partial charge on any atom is 0.296 e. The summed E-state index contributed by atoms with van der Waals surface area (Å²) in [4.78, 5) is 39.6. The molecule has 6 nitrogen and oxygen atoms in total. The number of halogens is 1. The van der Waals surface area contributed by atoms with E-state index in [4.69, 9.17) is 11.6 Å². The number of nitrogens with zero attached hydrogens (tertiary/aromatic N) is 3. The van der Waals surface area contributed by atoms with Crippen molar-refractivity contribution < 1.29 is 9.59 Å². The van der Waals surface area contributed by atoms with E-state index in [1.165, 1.54) is 16.8 Å². The van der Waals surface area contributed by atoms with Crippen LogP contribution in [0.25, 0.3) is 5.69 Å². The normalized spacial score (nSPS) is 13.4. The van der Waals surface area contributed by atoms with Crippen LogP contribution in [0, 0.1) is 6.92 Å². The number of benzene rings is 2. The van der Waals surface area contributed by atoms with Gasteiger partial charge in [0.1, 0.15) is 5.69 Å². The zero-order valence-corrected chi connectivity index (χ0v) is 14.8. The van der Waals surface area contributed by atoms with Crippen molar-refractivity contribution in [3.8, 4) is 5.69 Å². The summed E-state index contributed by atoms with van der Waals surface area (Å²) in [6.45, 7) is 1.70. The summed E-state index contributed by atoms with van der Waals surface area (Å²) in [5, 5.41) is 0.359. The number of carbonyl (C=O) groups is 2. The van der Waals surface area contributed by atoms with Crippen LogP contribution >= 0.6 is 11.6 Å². The van der Waals surface area contributed by atoms with Gasteiger partial charge in [-0.3, -0.25) is 19.1 Å². The fourth-order valence-corrected chi connectivity index (χ4v) is 3.40. The first kappa shape index (κ1) is 16.4. The molecule has 1 aliphatic rings. The van der Waals surface area contributed by atoms with Crippen molar-refractivity contribution in [2.24, 2.45) is 7.05 Å². The number of hydrogen-bond acceptors (Lipinski definition) is 3. The molecule has 2 aromatic carbocycles. The van der Waals surface area contributed by atoms with Crippen molar-refractivity contribution in [2.45, 2.75) is 6.92 Å². The minimum Gasteiger partial charge on any atom is -0.283 e. The summed E-state index contributed by atoms with van der Waals surface area (Å²) in [6, 6.07) is 13.5. The molecule has 130 valence electrons. The van der Waals surface area contributed by atoms with E-state index in [1.54, 1.807) is 36.9 Å². The topological polar surface area (TPSA) is 64.3 Å². The van der Waals surface area contributed by atoms with Gasteiger partial charge in [-0.25, -0.2) is 9.58 Å². The van der Waals surface area contributed by atoms with Crippen molar-refractivity contribution in [3.63, 3.8) is 0 Å². The predicted molar refractivity (Wildman–Crippen MR) is 98.3 cm³/mol. The number of anilines is 1. The first-order valence-electron chi connectivity index (χ1n) is 7.94. The van der Waals surface area contributed by atoms with Crippen molar-refractivity contribution in [3.05, 3.63) is 80.7 Å². The number of rotatable bonds is 2. The first-order chi connectivity index (χ1) is 12.4. The smallest absolute Gasteiger partial charge is 0.283 e. The Bertz CT molecular complexity index is 1130. The lowest BCUT2D eigenvalue weighted by Gasteiger charge is -2.11. The highest BCUT2D eigenvalue weighted by molar-refractivity contribution is 6.36. The standard InChI is InChI=1S/C19H14ClN3O3/c1-11-16(19(26)23(21(11)2)13-6-4-3-5-7-13)22-17(24)14-9-8-12(20)10-15(14)18(22)25/h3-10H,1-2H3. The van der Waals surface area contributed by atoms with Crippen LogP contribution in [0.5, 0.6) is 0 Å². The molecule has 4 rings (SSSR count). The van der Waals surface area contributed by atoms with Crippen LogP contribution < -0.4 is 10.5 Å². The minimum absolute atomic E-state index is 0.0543. The summed E-state index contributed by atoms with van der Waals surface area (Å²) >= 11 is 5.95. The fourth-order valence-electron chi connectivity index (χ4n) is 3.23. The van der Waals surface area contributed by atoms with Crippen molar-refractivity contribution in [1.29, 1.82) is 0 Å². The average molecular weight is 368 g/mol. The second kappa shape index (κ2) is 5.71. The number of para-hydroxylation sites is 1. The number of imide groups is 1. The van der Waals surface area contributed by atoms with Crippen LogP contribution in [0.1, 0.15) is 26.4 Å². The molecule has 1 aromatic heterocycles. The Balaban J connectivity index is 1.92. The van der Waals surface area contributed by atoms with Crippen molar-refractivity contribution in [1.82, 2.24) is 9.36 Å². The molecule has 0 saturated carbocycles. The monoisotopic (exact) mass is 367 g/mol. The van der Waals surface area contributed by atoms with Crippen LogP contribution in [0.3, 0.4) is 0 Å². The zero-order valence-electron chi connectivity index (χ0n) is 14.1. The second-order valence-electron chi connectivity index (χ2n) is 6.05. The molecule has 0 saturated heterocycles. The molecular formula is C19H14ClN3O3. The molecular weight excluding hydrogens is 354 g/mol. The molecule has 0 spiro atoms. The maximum atomic E-state index is 13.1. The molecule has 3 aromatic rings. The summed E-state index contributed by atoms with van der Waals surface area (Å²) in [5.41, 5.74) is 1.23. The minimum atomic E-state index is -0.543. The Kier molecular flexibility index (Phi) is 3.59. The van der Waals surface area contributed by atoms with Gasteiger partial charge in [0.2, 0.25) is 0 Å². The van der Waals surface area contributed by atoms with Gasteiger partial charge in [0.25, 0.3) is 17.4 Å². The Hall–Kier alpha value is -3.12. The van der Waals surface area contributed by atoms with E-state index >= 15 is 0 Å². The van der Waals surface area contributed by atoms with Gasteiger partial charge in [-0.15, -0.1) is 0 Å². The van der Waals surface area contributed by atoms with Gasteiger partial charge in [0, 0.05) is 12.1 Å². The molecule has 0 aliphatic carbocycles. The molecule has 2 heterocycles. The number of fused-ring (bicyclic) bond motifs is 1. The van der Waals surface area contributed by atoms with Crippen molar-refractivity contribution >= 4 is 29.1 Å². The number of carbonyl (C=O) groups excluding carboxylic acids is 2. The highest BCUT2D eigenvalue weighted by atomic mass is 35.5. The lowest BCUT2D eigenvalue weighted by molar-refractivity contribution is 0.0925. The molecule has 0 N–H and O–H groups in total. The first-order valence-corrected chi connectivity index (χ1v) is 8.32. The molecule has 7 heteroatoms. The van der Waals surface area contributed by atoms with Crippen molar-refractivity contribution in [2.75, 3.05) is 4.90 Å².